The Morgan fingerprint density at radius 2 is 1.68 bits per heavy atom. The minimum absolute atomic E-state index is 0.0491. The van der Waals surface area contributed by atoms with Crippen LogP contribution >= 0.6 is 11.6 Å². The van der Waals surface area contributed by atoms with Gasteiger partial charge < -0.3 is 10.2 Å². The van der Waals surface area contributed by atoms with Gasteiger partial charge in [-0.15, -0.1) is 0 Å². The standard InChI is InChI=1S/C20H24ClN3O/c1-16(20(25)22-15-17-7-5-6-10-19(17)21)23-11-13-24(14-12-23)18-8-3-2-4-9-18/h2-10,16H,11-15H2,1H3,(H,22,25)/t16-/m0/s1. The fourth-order valence-corrected chi connectivity index (χ4v) is 3.35. The molecule has 1 fully saturated rings. The molecule has 5 heteroatoms. The van der Waals surface area contributed by atoms with Crippen LogP contribution in [0.1, 0.15) is 12.5 Å². The summed E-state index contributed by atoms with van der Waals surface area (Å²) in [6, 6.07) is 17.9. The first-order valence-electron chi connectivity index (χ1n) is 8.70. The first kappa shape index (κ1) is 17.8. The van der Waals surface area contributed by atoms with Gasteiger partial charge in [-0.3, -0.25) is 9.69 Å². The molecule has 2 aromatic carbocycles. The molecule has 0 radical (unpaired) electrons. The van der Waals surface area contributed by atoms with Crippen LogP contribution in [0.15, 0.2) is 54.6 Å². The average Bonchev–Trinajstić information content (AvgIpc) is 2.67. The number of nitrogens with zero attached hydrogens (tertiary/aromatic N) is 2. The number of nitrogens with one attached hydrogen (secondary N) is 1. The van der Waals surface area contributed by atoms with Gasteiger partial charge in [-0.05, 0) is 30.7 Å². The number of hydrogen-bond acceptors (Lipinski definition) is 3. The molecule has 1 aliphatic heterocycles. The molecule has 4 nitrogen and oxygen atoms in total. The smallest absolute Gasteiger partial charge is 0.237 e. The largest absolute Gasteiger partial charge is 0.369 e. The number of rotatable bonds is 5. The molecule has 1 heterocycles. The van der Waals surface area contributed by atoms with Crippen molar-refractivity contribution < 1.29 is 4.79 Å². The number of halogens is 1. The van der Waals surface area contributed by atoms with Crippen molar-refractivity contribution in [2.24, 2.45) is 0 Å². The third-order valence-electron chi connectivity index (χ3n) is 4.77. The van der Waals surface area contributed by atoms with Crippen LogP contribution in [0.25, 0.3) is 0 Å². The second-order valence-electron chi connectivity index (χ2n) is 6.34. The Morgan fingerprint density at radius 3 is 2.36 bits per heavy atom. The predicted molar refractivity (Wildman–Crippen MR) is 103 cm³/mol. The van der Waals surface area contributed by atoms with E-state index in [1.807, 2.05) is 37.3 Å². The molecule has 0 aromatic heterocycles. The van der Waals surface area contributed by atoms with Crippen molar-refractivity contribution >= 4 is 23.2 Å². The van der Waals surface area contributed by atoms with Crippen molar-refractivity contribution in [2.45, 2.75) is 19.5 Å². The van der Waals surface area contributed by atoms with E-state index in [0.29, 0.717) is 11.6 Å². The molecule has 1 N–H and O–H groups in total. The van der Waals surface area contributed by atoms with Gasteiger partial charge in [-0.2, -0.15) is 0 Å². The van der Waals surface area contributed by atoms with Gasteiger partial charge in [-0.25, -0.2) is 0 Å². The van der Waals surface area contributed by atoms with Crippen molar-refractivity contribution in [3.05, 3.63) is 65.2 Å². The fraction of sp³-hybridized carbons (Fsp3) is 0.350. The highest BCUT2D eigenvalue weighted by molar-refractivity contribution is 6.31. The van der Waals surface area contributed by atoms with E-state index in [2.05, 4.69) is 39.4 Å². The molecule has 2 aromatic rings. The number of para-hydroxylation sites is 1. The third kappa shape index (κ3) is 4.53. The highest BCUT2D eigenvalue weighted by atomic mass is 35.5. The van der Waals surface area contributed by atoms with Crippen LogP contribution in [-0.2, 0) is 11.3 Å². The quantitative estimate of drug-likeness (QED) is 0.892. The summed E-state index contributed by atoms with van der Waals surface area (Å²) < 4.78 is 0. The molecule has 25 heavy (non-hydrogen) atoms. The monoisotopic (exact) mass is 357 g/mol. The molecule has 0 aliphatic carbocycles. The summed E-state index contributed by atoms with van der Waals surface area (Å²) in [5.74, 6) is 0.0491. The summed E-state index contributed by atoms with van der Waals surface area (Å²) in [5, 5.41) is 3.69. The first-order valence-corrected chi connectivity index (χ1v) is 9.08. The normalized spacial score (nSPS) is 16.5. The predicted octanol–water partition coefficient (Wildman–Crippen LogP) is 3.17. The lowest BCUT2D eigenvalue weighted by Crippen LogP contribution is -2.53. The average molecular weight is 358 g/mol. The zero-order chi connectivity index (χ0) is 17.6. The lowest BCUT2D eigenvalue weighted by atomic mass is 10.2. The van der Waals surface area contributed by atoms with Gasteiger partial charge in [0.05, 0.1) is 6.04 Å². The Hall–Kier alpha value is -2.04. The van der Waals surface area contributed by atoms with Crippen molar-refractivity contribution in [3.8, 4) is 0 Å². The van der Waals surface area contributed by atoms with Crippen molar-refractivity contribution in [1.82, 2.24) is 10.2 Å². The number of anilines is 1. The van der Waals surface area contributed by atoms with E-state index in [1.165, 1.54) is 5.69 Å². The zero-order valence-corrected chi connectivity index (χ0v) is 15.2. The number of benzene rings is 2. The van der Waals surface area contributed by atoms with E-state index >= 15 is 0 Å². The summed E-state index contributed by atoms with van der Waals surface area (Å²) >= 11 is 6.14. The Bertz CT molecular complexity index is 699. The van der Waals surface area contributed by atoms with Crippen LogP contribution in [0.3, 0.4) is 0 Å². The molecule has 1 saturated heterocycles. The summed E-state index contributed by atoms with van der Waals surface area (Å²) in [7, 11) is 0. The van der Waals surface area contributed by atoms with E-state index in [0.717, 1.165) is 31.7 Å². The SMILES string of the molecule is C[C@@H](C(=O)NCc1ccccc1Cl)N1CCN(c2ccccc2)CC1. The van der Waals surface area contributed by atoms with Crippen LogP contribution in [-0.4, -0.2) is 43.0 Å². The van der Waals surface area contributed by atoms with Crippen molar-refractivity contribution in [3.63, 3.8) is 0 Å². The van der Waals surface area contributed by atoms with Crippen LogP contribution in [0, 0.1) is 0 Å². The van der Waals surface area contributed by atoms with Crippen LogP contribution in [0.5, 0.6) is 0 Å². The van der Waals surface area contributed by atoms with Gasteiger partial charge in [0, 0.05) is 43.4 Å². The first-order chi connectivity index (χ1) is 12.1. The van der Waals surface area contributed by atoms with Gasteiger partial charge in [0.25, 0.3) is 0 Å². The maximum absolute atomic E-state index is 12.5. The minimum Gasteiger partial charge on any atom is -0.369 e. The number of hydrogen-bond donors (Lipinski definition) is 1. The van der Waals surface area contributed by atoms with Gasteiger partial charge in [0.15, 0.2) is 0 Å². The van der Waals surface area contributed by atoms with Crippen LogP contribution in [0.2, 0.25) is 5.02 Å². The second kappa shape index (κ2) is 8.37. The zero-order valence-electron chi connectivity index (χ0n) is 14.5. The molecular weight excluding hydrogens is 334 g/mol. The van der Waals surface area contributed by atoms with E-state index in [-0.39, 0.29) is 11.9 Å². The van der Waals surface area contributed by atoms with Gasteiger partial charge in [-0.1, -0.05) is 48.0 Å². The summed E-state index contributed by atoms with van der Waals surface area (Å²) in [6.45, 7) is 6.08. The Balaban J connectivity index is 1.49. The van der Waals surface area contributed by atoms with Gasteiger partial charge in [0.1, 0.15) is 0 Å². The lowest BCUT2D eigenvalue weighted by molar-refractivity contribution is -0.126. The van der Waals surface area contributed by atoms with Crippen molar-refractivity contribution in [2.75, 3.05) is 31.1 Å². The van der Waals surface area contributed by atoms with Crippen molar-refractivity contribution in [1.29, 1.82) is 0 Å². The highest BCUT2D eigenvalue weighted by Crippen LogP contribution is 2.17. The number of piperazine rings is 1. The van der Waals surface area contributed by atoms with E-state index in [4.69, 9.17) is 11.6 Å². The third-order valence-corrected chi connectivity index (χ3v) is 5.14. The molecule has 0 spiro atoms. The summed E-state index contributed by atoms with van der Waals surface area (Å²) in [4.78, 5) is 17.1. The Kier molecular flexibility index (Phi) is 5.95. The van der Waals surface area contributed by atoms with E-state index < -0.39 is 0 Å². The summed E-state index contributed by atoms with van der Waals surface area (Å²) in [6.07, 6.45) is 0. The van der Waals surface area contributed by atoms with E-state index in [9.17, 15) is 4.79 Å². The molecule has 1 atom stereocenters. The number of carbonyl (C=O) groups is 1. The molecule has 0 saturated carbocycles. The van der Waals surface area contributed by atoms with Crippen LogP contribution < -0.4 is 10.2 Å². The maximum Gasteiger partial charge on any atom is 0.237 e. The molecule has 1 aliphatic rings. The molecular formula is C20H24ClN3O. The highest BCUT2D eigenvalue weighted by Gasteiger charge is 2.25. The molecule has 1 amide bonds. The molecule has 3 rings (SSSR count). The second-order valence-corrected chi connectivity index (χ2v) is 6.75. The summed E-state index contributed by atoms with van der Waals surface area (Å²) in [5.41, 5.74) is 2.19. The number of carbonyl (C=O) groups excluding carboxylic acids is 1. The molecule has 132 valence electrons. The topological polar surface area (TPSA) is 35.6 Å². The molecule has 0 bridgehead atoms. The van der Waals surface area contributed by atoms with Gasteiger partial charge >= 0.3 is 0 Å². The van der Waals surface area contributed by atoms with E-state index in [1.54, 1.807) is 0 Å². The number of amides is 1. The minimum atomic E-state index is -0.139. The van der Waals surface area contributed by atoms with Gasteiger partial charge in [0.2, 0.25) is 5.91 Å². The maximum atomic E-state index is 12.5. The Labute approximate surface area is 154 Å². The lowest BCUT2D eigenvalue weighted by Gasteiger charge is -2.38. The Morgan fingerprint density at radius 1 is 1.04 bits per heavy atom. The van der Waals surface area contributed by atoms with Crippen LogP contribution in [0.4, 0.5) is 5.69 Å². The fourth-order valence-electron chi connectivity index (χ4n) is 3.14. The molecule has 0 unspecified atom stereocenters.